The molecule has 5 heteroatoms. The summed E-state index contributed by atoms with van der Waals surface area (Å²) in [6, 6.07) is 43.9. The molecule has 6 aromatic carbocycles. The lowest BCUT2D eigenvalue weighted by Crippen LogP contribution is -2.00. The molecule has 0 aliphatic carbocycles. The van der Waals surface area contributed by atoms with Crippen LogP contribution in [0.1, 0.15) is 0 Å². The standard InChI is InChI=1S/C37H21N3OS/c1-2-9-22(10-3-1)35-38-36(40-37(39-35)29-13-8-15-31-33(29)28-12-4-6-14-30(28)41-31)24-18-19-25-23(21-24)17-20-27-26-11-5-7-16-32(26)42-34(25)27/h1-21H. The van der Waals surface area contributed by atoms with Crippen LogP contribution in [0.15, 0.2) is 132 Å². The fraction of sp³-hybridized carbons (Fsp3) is 0. The van der Waals surface area contributed by atoms with Gasteiger partial charge in [0.25, 0.3) is 0 Å². The summed E-state index contributed by atoms with van der Waals surface area (Å²) in [5.41, 5.74) is 4.48. The summed E-state index contributed by atoms with van der Waals surface area (Å²) in [6.45, 7) is 0. The maximum Gasteiger partial charge on any atom is 0.164 e. The number of furan rings is 1. The van der Waals surface area contributed by atoms with E-state index in [0.29, 0.717) is 17.5 Å². The van der Waals surface area contributed by atoms with Gasteiger partial charge in [-0.2, -0.15) is 0 Å². The quantitative estimate of drug-likeness (QED) is 0.218. The Labute approximate surface area is 244 Å². The molecule has 0 radical (unpaired) electrons. The second-order valence-electron chi connectivity index (χ2n) is 10.4. The van der Waals surface area contributed by atoms with Gasteiger partial charge >= 0.3 is 0 Å². The SMILES string of the molecule is c1ccc(-c2nc(-c3ccc4c(ccc5c6ccccc6sc45)c3)nc(-c3cccc4oc5ccccc5c34)n2)cc1. The van der Waals surface area contributed by atoms with Crippen molar-refractivity contribution in [2.45, 2.75) is 0 Å². The highest BCUT2D eigenvalue weighted by Crippen LogP contribution is 2.40. The lowest BCUT2D eigenvalue weighted by molar-refractivity contribution is 0.669. The van der Waals surface area contributed by atoms with E-state index in [1.165, 1.54) is 25.6 Å². The van der Waals surface area contributed by atoms with E-state index >= 15 is 0 Å². The van der Waals surface area contributed by atoms with Crippen molar-refractivity contribution in [1.29, 1.82) is 0 Å². The molecule has 0 fully saturated rings. The summed E-state index contributed by atoms with van der Waals surface area (Å²) in [5.74, 6) is 1.90. The van der Waals surface area contributed by atoms with Crippen LogP contribution < -0.4 is 0 Å². The van der Waals surface area contributed by atoms with Crippen LogP contribution in [0.2, 0.25) is 0 Å². The van der Waals surface area contributed by atoms with E-state index in [0.717, 1.165) is 44.0 Å². The molecule has 0 saturated heterocycles. The van der Waals surface area contributed by atoms with Gasteiger partial charge in [0.05, 0.1) is 0 Å². The zero-order chi connectivity index (χ0) is 27.6. The monoisotopic (exact) mass is 555 g/mol. The summed E-state index contributed by atoms with van der Waals surface area (Å²) in [7, 11) is 0. The fourth-order valence-electron chi connectivity index (χ4n) is 5.95. The van der Waals surface area contributed by atoms with Crippen molar-refractivity contribution in [3.05, 3.63) is 127 Å². The molecule has 0 N–H and O–H groups in total. The van der Waals surface area contributed by atoms with E-state index in [1.54, 1.807) is 0 Å². The summed E-state index contributed by atoms with van der Waals surface area (Å²) < 4.78 is 8.79. The Balaban J connectivity index is 1.28. The first kappa shape index (κ1) is 23.3. The van der Waals surface area contributed by atoms with Crippen molar-refractivity contribution in [2.75, 3.05) is 0 Å². The van der Waals surface area contributed by atoms with Crippen molar-refractivity contribution < 1.29 is 4.42 Å². The van der Waals surface area contributed by atoms with Crippen molar-refractivity contribution >= 4 is 64.2 Å². The Morgan fingerprint density at radius 1 is 0.476 bits per heavy atom. The first-order valence-corrected chi connectivity index (χ1v) is 14.7. The summed E-state index contributed by atoms with van der Waals surface area (Å²) in [5, 5.41) is 7.06. The highest BCUT2D eigenvalue weighted by atomic mass is 32.1. The van der Waals surface area contributed by atoms with Gasteiger partial charge in [0, 0.05) is 47.6 Å². The number of fused-ring (bicyclic) bond motifs is 8. The minimum atomic E-state index is 0.621. The normalized spacial score (nSPS) is 11.8. The fourth-order valence-corrected chi connectivity index (χ4v) is 7.19. The lowest BCUT2D eigenvalue weighted by Gasteiger charge is -2.10. The molecule has 0 aliphatic heterocycles. The number of aromatic nitrogens is 3. The first-order chi connectivity index (χ1) is 20.8. The van der Waals surface area contributed by atoms with Crippen LogP contribution in [-0.2, 0) is 0 Å². The van der Waals surface area contributed by atoms with E-state index in [-0.39, 0.29) is 0 Å². The molecule has 9 rings (SSSR count). The predicted molar refractivity (Wildman–Crippen MR) is 174 cm³/mol. The number of hydrogen-bond acceptors (Lipinski definition) is 5. The molecular weight excluding hydrogens is 534 g/mol. The average molecular weight is 556 g/mol. The van der Waals surface area contributed by atoms with Crippen molar-refractivity contribution in [3.63, 3.8) is 0 Å². The third-order valence-electron chi connectivity index (χ3n) is 7.93. The molecule has 0 aliphatic rings. The number of hydrogen-bond donors (Lipinski definition) is 0. The highest BCUT2D eigenvalue weighted by Gasteiger charge is 2.18. The molecule has 42 heavy (non-hydrogen) atoms. The molecule has 0 bridgehead atoms. The van der Waals surface area contributed by atoms with Gasteiger partial charge < -0.3 is 4.42 Å². The maximum atomic E-state index is 6.18. The Bertz CT molecular complexity index is 2480. The lowest BCUT2D eigenvalue weighted by atomic mass is 10.0. The van der Waals surface area contributed by atoms with Gasteiger partial charge in [0.15, 0.2) is 17.5 Å². The summed E-state index contributed by atoms with van der Waals surface area (Å²) in [6.07, 6.45) is 0. The first-order valence-electron chi connectivity index (χ1n) is 13.9. The Kier molecular flexibility index (Phi) is 5.03. The molecule has 9 aromatic rings. The number of thiophene rings is 1. The number of para-hydroxylation sites is 1. The number of nitrogens with zero attached hydrogens (tertiary/aromatic N) is 3. The molecule has 0 saturated carbocycles. The predicted octanol–water partition coefficient (Wildman–Crippen LogP) is 10.3. The average Bonchev–Trinajstić information content (AvgIpc) is 3.63. The zero-order valence-electron chi connectivity index (χ0n) is 22.3. The van der Waals surface area contributed by atoms with Crippen molar-refractivity contribution in [2.24, 2.45) is 0 Å². The van der Waals surface area contributed by atoms with E-state index in [1.807, 2.05) is 72.0 Å². The van der Waals surface area contributed by atoms with Gasteiger partial charge in [-0.3, -0.25) is 0 Å². The minimum Gasteiger partial charge on any atom is -0.456 e. The maximum absolute atomic E-state index is 6.18. The van der Waals surface area contributed by atoms with Gasteiger partial charge in [-0.05, 0) is 35.0 Å². The third kappa shape index (κ3) is 3.57. The Morgan fingerprint density at radius 2 is 1.19 bits per heavy atom. The molecule has 3 aromatic heterocycles. The smallest absolute Gasteiger partial charge is 0.164 e. The molecule has 0 atom stereocenters. The van der Waals surface area contributed by atoms with E-state index in [2.05, 4.69) is 66.7 Å². The second-order valence-corrected chi connectivity index (χ2v) is 11.5. The van der Waals surface area contributed by atoms with E-state index in [9.17, 15) is 0 Å². The minimum absolute atomic E-state index is 0.621. The van der Waals surface area contributed by atoms with Gasteiger partial charge in [-0.1, -0.05) is 103 Å². The molecule has 3 heterocycles. The number of rotatable bonds is 3. The van der Waals surface area contributed by atoms with Crippen LogP contribution in [0.4, 0.5) is 0 Å². The number of benzene rings is 6. The molecule has 196 valence electrons. The highest BCUT2D eigenvalue weighted by molar-refractivity contribution is 7.26. The van der Waals surface area contributed by atoms with Gasteiger partial charge in [0.2, 0.25) is 0 Å². The Hall–Kier alpha value is -5.39. The van der Waals surface area contributed by atoms with Gasteiger partial charge in [-0.15, -0.1) is 11.3 Å². The van der Waals surface area contributed by atoms with E-state index in [4.69, 9.17) is 19.4 Å². The zero-order valence-corrected chi connectivity index (χ0v) is 23.1. The van der Waals surface area contributed by atoms with Gasteiger partial charge in [0.1, 0.15) is 11.2 Å². The van der Waals surface area contributed by atoms with Gasteiger partial charge in [-0.25, -0.2) is 15.0 Å². The topological polar surface area (TPSA) is 51.8 Å². The van der Waals surface area contributed by atoms with Crippen LogP contribution >= 0.6 is 11.3 Å². The largest absolute Gasteiger partial charge is 0.456 e. The summed E-state index contributed by atoms with van der Waals surface area (Å²) in [4.78, 5) is 15.1. The van der Waals surface area contributed by atoms with Crippen LogP contribution in [0.5, 0.6) is 0 Å². The van der Waals surface area contributed by atoms with Crippen molar-refractivity contribution in [1.82, 2.24) is 15.0 Å². The third-order valence-corrected chi connectivity index (χ3v) is 9.15. The summed E-state index contributed by atoms with van der Waals surface area (Å²) >= 11 is 1.84. The molecule has 0 amide bonds. The molecular formula is C37H21N3OS. The van der Waals surface area contributed by atoms with E-state index < -0.39 is 0 Å². The van der Waals surface area contributed by atoms with Crippen molar-refractivity contribution in [3.8, 4) is 34.2 Å². The van der Waals surface area contributed by atoms with Crippen LogP contribution in [0.3, 0.4) is 0 Å². The molecule has 0 unspecified atom stereocenters. The van der Waals surface area contributed by atoms with Crippen LogP contribution in [0, 0.1) is 0 Å². The van der Waals surface area contributed by atoms with Crippen LogP contribution in [-0.4, -0.2) is 15.0 Å². The van der Waals surface area contributed by atoms with Crippen LogP contribution in [0.25, 0.3) is 87.0 Å². The Morgan fingerprint density at radius 3 is 2.10 bits per heavy atom. The molecule has 0 spiro atoms. The second kappa shape index (κ2) is 9.06. The molecule has 4 nitrogen and oxygen atoms in total.